The molecule has 0 radical (unpaired) electrons. The molecule has 3 atom stereocenters. The van der Waals surface area contributed by atoms with Gasteiger partial charge in [-0.3, -0.25) is 0 Å². The number of aliphatic hydroxyl groups excluding tert-OH is 1. The van der Waals surface area contributed by atoms with Gasteiger partial charge in [0.1, 0.15) is 28.8 Å². The van der Waals surface area contributed by atoms with Crippen LogP contribution < -0.4 is 43.6 Å². The van der Waals surface area contributed by atoms with E-state index >= 15 is 0 Å². The number of nitrogens with one attached hydrogen (secondary N) is 3. The normalized spacial score (nSPS) is 12.6. The first kappa shape index (κ1) is 110. The molecule has 1 aliphatic heterocycles. The number of halogens is 2. The number of aromatic nitrogens is 2. The molecule has 22 nitrogen and oxygen atoms in total. The number of piperidine rings is 1. The van der Waals surface area contributed by atoms with E-state index in [2.05, 4.69) is 87.4 Å². The molecule has 3 unspecified atom stereocenters. The van der Waals surface area contributed by atoms with Crippen LogP contribution >= 0.6 is 23.2 Å². The van der Waals surface area contributed by atoms with E-state index in [-0.39, 0.29) is 28.9 Å². The van der Waals surface area contributed by atoms with Gasteiger partial charge in [0.25, 0.3) is 0 Å². The number of aliphatic hydroxyl groups is 1. The summed E-state index contributed by atoms with van der Waals surface area (Å²) in [5.41, 5.74) is 20.3. The van der Waals surface area contributed by atoms with Crippen LogP contribution in [0.3, 0.4) is 0 Å². The Kier molecular flexibility index (Phi) is 49.6. The van der Waals surface area contributed by atoms with E-state index < -0.39 is 46.2 Å². The van der Waals surface area contributed by atoms with Crippen LogP contribution in [0.4, 0.5) is 0 Å². The molecule has 12 rings (SSSR count). The Morgan fingerprint density at radius 1 is 0.480 bits per heavy atom. The molecule has 0 amide bonds. The number of hydrogen-bond acceptors (Lipinski definition) is 18. The van der Waals surface area contributed by atoms with Crippen molar-refractivity contribution in [3.63, 3.8) is 0 Å². The molecule has 3 heterocycles. The summed E-state index contributed by atoms with van der Waals surface area (Å²) < 4.78 is 135. The van der Waals surface area contributed by atoms with E-state index in [4.69, 9.17) is 62.1 Å². The number of rotatable bonds is 22. The van der Waals surface area contributed by atoms with Crippen molar-refractivity contribution in [3.8, 4) is 29.1 Å². The molecule has 125 heavy (non-hydrogen) atoms. The fraction of sp³-hybridized carbons (Fsp3) is 0.361. The van der Waals surface area contributed by atoms with Gasteiger partial charge in [-0.1, -0.05) is 212 Å². The van der Waals surface area contributed by atoms with Gasteiger partial charge in [0, 0.05) is 54.6 Å². The zero-order chi connectivity index (χ0) is 93.6. The second-order valence-electron chi connectivity index (χ2n) is 29.9. The van der Waals surface area contributed by atoms with Gasteiger partial charge in [-0.2, -0.15) is 9.29 Å². The lowest BCUT2D eigenvalue weighted by Gasteiger charge is -2.32. The third kappa shape index (κ3) is 41.2. The number of furan rings is 1. The summed E-state index contributed by atoms with van der Waals surface area (Å²) in [5, 5.41) is 10.5. The van der Waals surface area contributed by atoms with Crippen LogP contribution in [-0.4, -0.2) is 120 Å². The van der Waals surface area contributed by atoms with E-state index in [1.807, 2.05) is 163 Å². The molecule has 0 bridgehead atoms. The molecular formula is C97H131Cl2N7O15S4. The number of benzene rings is 9. The van der Waals surface area contributed by atoms with Gasteiger partial charge in [0.05, 0.1) is 72.8 Å². The first-order valence-electron chi connectivity index (χ1n) is 41.0. The Labute approximate surface area is 756 Å². The van der Waals surface area contributed by atoms with Crippen LogP contribution in [0.25, 0.3) is 0 Å². The smallest absolute Gasteiger partial charge is 0.319 e. The lowest BCUT2D eigenvalue weighted by molar-refractivity contribution is 0.198. The zero-order valence-electron chi connectivity index (χ0n) is 76.6. The highest BCUT2D eigenvalue weighted by Crippen LogP contribution is 2.29. The van der Waals surface area contributed by atoms with Crippen LogP contribution in [-0.2, 0) is 59.6 Å². The van der Waals surface area contributed by atoms with E-state index in [0.29, 0.717) is 58.0 Å². The average molecular weight is 1830 g/mol. The Bertz CT molecular complexity index is 5430. The predicted molar refractivity (Wildman–Crippen MR) is 508 cm³/mol. The second kappa shape index (κ2) is 56.5. The summed E-state index contributed by atoms with van der Waals surface area (Å²) in [6.45, 7) is 35.3. The highest BCUT2D eigenvalue weighted by atomic mass is 35.5. The molecule has 682 valence electrons. The van der Waals surface area contributed by atoms with Gasteiger partial charge in [-0.15, -0.1) is 0 Å². The number of methoxy groups -OCH3 is 5. The first-order chi connectivity index (χ1) is 59.0. The minimum absolute atomic E-state index is 0.0240. The Morgan fingerprint density at radius 3 is 1.31 bits per heavy atom. The maximum absolute atomic E-state index is 12.4. The fourth-order valence-corrected chi connectivity index (χ4v) is 16.5. The van der Waals surface area contributed by atoms with E-state index in [9.17, 15) is 33.7 Å². The largest absolute Gasteiger partial charge is 0.496 e. The van der Waals surface area contributed by atoms with Gasteiger partial charge in [0.2, 0.25) is 46.0 Å². The predicted octanol–water partition coefficient (Wildman–Crippen LogP) is 20.3. The van der Waals surface area contributed by atoms with Crippen molar-refractivity contribution >= 4 is 63.3 Å². The van der Waals surface area contributed by atoms with Crippen molar-refractivity contribution in [2.45, 2.75) is 195 Å². The number of aryl methyl sites for hydroxylation is 12. The highest BCUT2D eigenvalue weighted by molar-refractivity contribution is 7.90. The standard InChI is InChI=1S/C13H15NO3S.C13H19NO2S.C12H19NO2S.C10H15NO3S.C9H12O2.C9H12.C8H9ClO.C8H9Cl.C8H11N.C7H10N2O2/c1-10-3-7-13(8-4-10)18(15,16)14-9-12-6-5-11(2)17-12;1-11-6-8-13(9-7-11)17(15,16)14-10-4-3-5-12(14)2;1-4-10(2)9-13-16(14,15)12-7-5-11(3)6-8-12;1-8-3-5-10(6-4-8)15(13,14)11-7-9(2)12;1-7-8(10-2)5-4-6-9(7)11-3;1-3-9-6-4-8(2)5-7-9;1-6-3-4-8(10-2)7(9)5-6;1-6-3-4-7(2)8(9)5-6;1-7-3-2-4-8(5-7)6-9;1-5-4-8-7(11-3)9-6(5)10-2/h3-8,14H,9H2,1-2H3;6-9,12H,3-5,10H2,1-2H3;5-8,10,13H,4,9H2,1-3H3;3-6,9,11-12H,7H2,1-2H3;4-6H,1-3H3;4-7H,3H2,1-2H3;3-5H,1-2H3;3-5H,1-2H3;2-5H,6,9H2,1H3;4H,1-3H3. The summed E-state index contributed by atoms with van der Waals surface area (Å²) in [6, 6.07) is 65.6. The van der Waals surface area contributed by atoms with E-state index in [0.717, 1.165) is 105 Å². The number of nitrogens with two attached hydrogens (primary N) is 1. The average Bonchev–Trinajstić information content (AvgIpc) is 1.00. The third-order valence-corrected chi connectivity index (χ3v) is 25.9. The molecule has 1 aliphatic rings. The molecule has 28 heteroatoms. The Morgan fingerprint density at radius 2 is 0.920 bits per heavy atom. The number of nitrogens with zero attached hydrogens (tertiary/aromatic N) is 3. The van der Waals surface area contributed by atoms with Crippen LogP contribution in [0.1, 0.15) is 144 Å². The lowest BCUT2D eigenvalue weighted by Crippen LogP contribution is -2.41. The van der Waals surface area contributed by atoms with Crippen LogP contribution in [0.2, 0.25) is 10.0 Å². The maximum Gasteiger partial charge on any atom is 0.319 e. The van der Waals surface area contributed by atoms with Gasteiger partial charge in [-0.05, 0) is 241 Å². The molecule has 0 aliphatic carbocycles. The quantitative estimate of drug-likeness (QED) is 0.0421. The molecule has 1 saturated heterocycles. The van der Waals surface area contributed by atoms with Crippen LogP contribution in [0.5, 0.6) is 29.1 Å². The molecule has 0 spiro atoms. The minimum Gasteiger partial charge on any atom is -0.496 e. The van der Waals surface area contributed by atoms with Gasteiger partial charge in [-0.25, -0.2) is 52.8 Å². The van der Waals surface area contributed by atoms with Crippen molar-refractivity contribution in [3.05, 3.63) is 312 Å². The zero-order valence-corrected chi connectivity index (χ0v) is 81.3. The monoisotopic (exact) mass is 1830 g/mol. The lowest BCUT2D eigenvalue weighted by atomic mass is 10.1. The summed E-state index contributed by atoms with van der Waals surface area (Å²) >= 11 is 11.6. The van der Waals surface area contributed by atoms with E-state index in [1.54, 1.807) is 136 Å². The molecular weight excluding hydrogens is 1700 g/mol. The fourth-order valence-electron chi connectivity index (χ4n) is 10.9. The van der Waals surface area contributed by atoms with Gasteiger partial charge < -0.3 is 38.9 Å². The molecule has 0 saturated carbocycles. The summed E-state index contributed by atoms with van der Waals surface area (Å²) in [5.74, 6) is 4.74. The van der Waals surface area contributed by atoms with Gasteiger partial charge >= 0.3 is 6.01 Å². The van der Waals surface area contributed by atoms with Crippen LogP contribution in [0, 0.1) is 89.0 Å². The minimum atomic E-state index is -3.48. The van der Waals surface area contributed by atoms with Crippen molar-refractivity contribution in [1.29, 1.82) is 0 Å². The van der Waals surface area contributed by atoms with Crippen LogP contribution in [0.15, 0.2) is 243 Å². The van der Waals surface area contributed by atoms with Crippen molar-refractivity contribution in [2.24, 2.45) is 11.7 Å². The second-order valence-corrected chi connectivity index (χ2v) is 37.9. The summed E-state index contributed by atoms with van der Waals surface area (Å²) in [4.78, 5) is 9.07. The van der Waals surface area contributed by atoms with Crippen molar-refractivity contribution in [1.82, 2.24) is 28.4 Å². The Balaban J connectivity index is 0.000000362. The number of hydrogen-bond donors (Lipinski definition) is 5. The topological polar surface area (TPSA) is 307 Å². The van der Waals surface area contributed by atoms with Gasteiger partial charge in [0.15, 0.2) is 0 Å². The molecule has 6 N–H and O–H groups in total. The maximum atomic E-state index is 12.4. The summed E-state index contributed by atoms with van der Waals surface area (Å²) in [7, 11) is -5.59. The summed E-state index contributed by atoms with van der Waals surface area (Å²) in [6.07, 6.45) is 6.13. The first-order valence-corrected chi connectivity index (χ1v) is 47.6. The number of sulfonamides is 4. The van der Waals surface area contributed by atoms with Crippen molar-refractivity contribution < 1.29 is 66.9 Å². The van der Waals surface area contributed by atoms with E-state index in [1.165, 1.54) is 41.9 Å². The SMILES string of the molecule is CCC(C)CNS(=O)(=O)c1ccc(C)cc1.CCc1ccc(C)cc1.COc1ccc(C)cc1Cl.COc1cccc(OC)c1C.COc1ncc(C)c(OC)n1.Cc1ccc(C)c(Cl)c1.Cc1ccc(S(=O)(=O)N2CCCCC2C)cc1.Cc1ccc(S(=O)(=O)NCC(C)O)cc1.Cc1ccc(S(=O)(=O)NCc2ccc(C)o2)cc1.Cc1cccc(CN)c1. The third-order valence-electron chi connectivity index (χ3n) is 18.9. The molecule has 1 fully saturated rings. The highest BCUT2D eigenvalue weighted by Gasteiger charge is 2.31. The Hall–Kier alpha value is -9.52. The molecule has 2 aromatic heterocycles. The molecule has 11 aromatic rings. The van der Waals surface area contributed by atoms with Crippen molar-refractivity contribution in [2.75, 3.05) is 55.2 Å². The molecule has 9 aromatic carbocycles. The number of ether oxygens (including phenoxy) is 5.